The van der Waals surface area contributed by atoms with Crippen LogP contribution in [-0.4, -0.2) is 37.0 Å². The maximum atomic E-state index is 12.0. The van der Waals surface area contributed by atoms with Crippen LogP contribution in [0.25, 0.3) is 0 Å². The molecule has 1 aliphatic heterocycles. The van der Waals surface area contributed by atoms with Gasteiger partial charge in [-0.3, -0.25) is 9.59 Å². The van der Waals surface area contributed by atoms with Crippen molar-refractivity contribution in [3.63, 3.8) is 0 Å². The Balaban J connectivity index is 1.86. The molecule has 2 unspecified atom stereocenters. The Morgan fingerprint density at radius 2 is 2.00 bits per heavy atom. The average molecular weight is 239 g/mol. The highest BCUT2D eigenvalue weighted by Crippen LogP contribution is 2.31. The zero-order valence-corrected chi connectivity index (χ0v) is 10.6. The molecule has 2 rings (SSSR count). The van der Waals surface area contributed by atoms with Crippen molar-refractivity contribution in [3.05, 3.63) is 0 Å². The second kappa shape index (κ2) is 5.07. The first-order chi connectivity index (χ1) is 8.11. The lowest BCUT2D eigenvalue weighted by Crippen LogP contribution is -2.32. The zero-order valence-electron chi connectivity index (χ0n) is 10.6. The fourth-order valence-corrected chi connectivity index (χ4v) is 2.70. The van der Waals surface area contributed by atoms with Gasteiger partial charge in [0, 0.05) is 19.5 Å². The molecule has 1 aliphatic carbocycles. The molecule has 0 aromatic rings. The van der Waals surface area contributed by atoms with Gasteiger partial charge in [0.15, 0.2) is 0 Å². The lowest BCUT2D eigenvalue weighted by atomic mass is 9.83. The van der Waals surface area contributed by atoms with Gasteiger partial charge in [-0.1, -0.05) is 13.3 Å². The zero-order chi connectivity index (χ0) is 12.4. The highest BCUT2D eigenvalue weighted by molar-refractivity contribution is 5.79. The van der Waals surface area contributed by atoms with Gasteiger partial charge in [0.25, 0.3) is 0 Å². The van der Waals surface area contributed by atoms with E-state index in [0.717, 1.165) is 0 Å². The van der Waals surface area contributed by atoms with E-state index in [-0.39, 0.29) is 23.7 Å². The minimum atomic E-state index is -0.184. The average Bonchev–Trinajstić information content (AvgIpc) is 2.64. The molecule has 2 atom stereocenters. The third kappa shape index (κ3) is 2.61. The summed E-state index contributed by atoms with van der Waals surface area (Å²) in [7, 11) is 1.41. The van der Waals surface area contributed by atoms with Gasteiger partial charge < -0.3 is 9.64 Å². The molecule has 2 aliphatic rings. The third-order valence-corrected chi connectivity index (χ3v) is 4.16. The van der Waals surface area contributed by atoms with Crippen LogP contribution < -0.4 is 0 Å². The SMILES string of the molecule is COC(=O)C1CN(C(=O)CC2CCC2)CC1C. The molecule has 0 aromatic heterocycles. The number of ether oxygens (including phenoxy) is 1. The smallest absolute Gasteiger partial charge is 0.310 e. The van der Waals surface area contributed by atoms with E-state index < -0.39 is 0 Å². The van der Waals surface area contributed by atoms with Gasteiger partial charge in [-0.25, -0.2) is 0 Å². The molecule has 1 amide bonds. The molecule has 4 nitrogen and oxygen atoms in total. The molecule has 0 N–H and O–H groups in total. The van der Waals surface area contributed by atoms with Gasteiger partial charge in [-0.15, -0.1) is 0 Å². The number of hydrogen-bond donors (Lipinski definition) is 0. The Labute approximate surface area is 102 Å². The van der Waals surface area contributed by atoms with E-state index in [1.807, 2.05) is 11.8 Å². The Hall–Kier alpha value is -1.06. The van der Waals surface area contributed by atoms with Crippen molar-refractivity contribution in [2.24, 2.45) is 17.8 Å². The van der Waals surface area contributed by atoms with Gasteiger partial charge >= 0.3 is 5.97 Å². The topological polar surface area (TPSA) is 46.6 Å². The van der Waals surface area contributed by atoms with E-state index in [1.54, 1.807) is 0 Å². The number of rotatable bonds is 3. The quantitative estimate of drug-likeness (QED) is 0.700. The first kappa shape index (κ1) is 12.4. The van der Waals surface area contributed by atoms with Crippen molar-refractivity contribution in [1.29, 1.82) is 0 Å². The first-order valence-corrected chi connectivity index (χ1v) is 6.47. The summed E-state index contributed by atoms with van der Waals surface area (Å²) >= 11 is 0. The summed E-state index contributed by atoms with van der Waals surface area (Å²) in [5.41, 5.74) is 0. The van der Waals surface area contributed by atoms with Crippen LogP contribution in [0, 0.1) is 17.8 Å². The van der Waals surface area contributed by atoms with Crippen molar-refractivity contribution < 1.29 is 14.3 Å². The Morgan fingerprint density at radius 1 is 1.29 bits per heavy atom. The van der Waals surface area contributed by atoms with Crippen LogP contribution in [0.15, 0.2) is 0 Å². The van der Waals surface area contributed by atoms with Crippen LogP contribution in [0.3, 0.4) is 0 Å². The maximum Gasteiger partial charge on any atom is 0.310 e. The number of amides is 1. The molecule has 0 aromatic carbocycles. The summed E-state index contributed by atoms with van der Waals surface area (Å²) < 4.78 is 4.77. The molecule has 1 saturated heterocycles. The first-order valence-electron chi connectivity index (χ1n) is 6.47. The maximum absolute atomic E-state index is 12.0. The van der Waals surface area contributed by atoms with E-state index in [4.69, 9.17) is 4.74 Å². The molecule has 4 heteroatoms. The van der Waals surface area contributed by atoms with Crippen LogP contribution in [0.4, 0.5) is 0 Å². The normalized spacial score (nSPS) is 28.9. The van der Waals surface area contributed by atoms with E-state index in [9.17, 15) is 9.59 Å². The van der Waals surface area contributed by atoms with Gasteiger partial charge in [0.1, 0.15) is 0 Å². The van der Waals surface area contributed by atoms with Crippen molar-refractivity contribution in [1.82, 2.24) is 4.90 Å². The predicted molar refractivity (Wildman–Crippen MR) is 63.2 cm³/mol. The fourth-order valence-electron chi connectivity index (χ4n) is 2.70. The Morgan fingerprint density at radius 3 is 2.53 bits per heavy atom. The van der Waals surface area contributed by atoms with Crippen LogP contribution in [-0.2, 0) is 14.3 Å². The molecule has 2 fully saturated rings. The second-order valence-electron chi connectivity index (χ2n) is 5.41. The molecule has 1 saturated carbocycles. The van der Waals surface area contributed by atoms with E-state index in [0.29, 0.717) is 25.4 Å². The molecule has 0 spiro atoms. The lowest BCUT2D eigenvalue weighted by Gasteiger charge is -2.27. The van der Waals surface area contributed by atoms with E-state index >= 15 is 0 Å². The number of nitrogens with zero attached hydrogens (tertiary/aromatic N) is 1. The van der Waals surface area contributed by atoms with Gasteiger partial charge in [-0.2, -0.15) is 0 Å². The van der Waals surface area contributed by atoms with Crippen LogP contribution >= 0.6 is 0 Å². The summed E-state index contributed by atoms with van der Waals surface area (Å²) in [5, 5.41) is 0. The molecular formula is C13H21NO3. The number of likely N-dealkylation sites (tertiary alicyclic amines) is 1. The number of carbonyl (C=O) groups excluding carboxylic acids is 2. The third-order valence-electron chi connectivity index (χ3n) is 4.16. The largest absolute Gasteiger partial charge is 0.469 e. The van der Waals surface area contributed by atoms with Crippen LogP contribution in [0.1, 0.15) is 32.6 Å². The number of esters is 1. The minimum Gasteiger partial charge on any atom is -0.469 e. The summed E-state index contributed by atoms with van der Waals surface area (Å²) in [6, 6.07) is 0. The summed E-state index contributed by atoms with van der Waals surface area (Å²) in [6.07, 6.45) is 4.31. The van der Waals surface area contributed by atoms with Crippen molar-refractivity contribution in [2.45, 2.75) is 32.6 Å². The van der Waals surface area contributed by atoms with Gasteiger partial charge in [0.05, 0.1) is 13.0 Å². The van der Waals surface area contributed by atoms with E-state index in [1.165, 1.54) is 26.4 Å². The Bertz CT molecular complexity index is 312. The number of methoxy groups -OCH3 is 1. The summed E-state index contributed by atoms with van der Waals surface area (Å²) in [6.45, 7) is 3.25. The van der Waals surface area contributed by atoms with Crippen LogP contribution in [0.5, 0.6) is 0 Å². The van der Waals surface area contributed by atoms with Crippen molar-refractivity contribution in [2.75, 3.05) is 20.2 Å². The highest BCUT2D eigenvalue weighted by Gasteiger charge is 2.38. The number of carbonyl (C=O) groups is 2. The second-order valence-corrected chi connectivity index (χ2v) is 5.41. The van der Waals surface area contributed by atoms with Crippen molar-refractivity contribution >= 4 is 11.9 Å². The van der Waals surface area contributed by atoms with Crippen molar-refractivity contribution in [3.8, 4) is 0 Å². The highest BCUT2D eigenvalue weighted by atomic mass is 16.5. The van der Waals surface area contributed by atoms with E-state index in [2.05, 4.69) is 0 Å². The molecule has 96 valence electrons. The standard InChI is InChI=1S/C13H21NO3/c1-9-7-14(8-11(9)13(16)17-2)12(15)6-10-4-3-5-10/h9-11H,3-8H2,1-2H3. The Kier molecular flexibility index (Phi) is 3.69. The molecule has 17 heavy (non-hydrogen) atoms. The molecule has 0 radical (unpaired) electrons. The number of hydrogen-bond acceptors (Lipinski definition) is 3. The summed E-state index contributed by atoms with van der Waals surface area (Å²) in [4.78, 5) is 25.4. The van der Waals surface area contributed by atoms with Gasteiger partial charge in [-0.05, 0) is 24.7 Å². The summed E-state index contributed by atoms with van der Waals surface area (Å²) in [5.74, 6) is 0.706. The fraction of sp³-hybridized carbons (Fsp3) is 0.846. The monoisotopic (exact) mass is 239 g/mol. The van der Waals surface area contributed by atoms with Crippen LogP contribution in [0.2, 0.25) is 0 Å². The predicted octanol–water partition coefficient (Wildman–Crippen LogP) is 1.44. The molecule has 0 bridgehead atoms. The molecule has 1 heterocycles. The minimum absolute atomic E-state index is 0.134. The molecular weight excluding hydrogens is 218 g/mol. The van der Waals surface area contributed by atoms with Gasteiger partial charge in [0.2, 0.25) is 5.91 Å². The lowest BCUT2D eigenvalue weighted by molar-refractivity contribution is -0.146.